The molecular weight excluding hydrogens is 356 g/mol. The van der Waals surface area contributed by atoms with E-state index < -0.39 is 0 Å². The number of carbonyl (C=O) groups is 1. The molecule has 1 atom stereocenters. The van der Waals surface area contributed by atoms with E-state index in [2.05, 4.69) is 65.2 Å². The number of nitrogens with one attached hydrogen (secondary N) is 1. The Morgan fingerprint density at radius 3 is 2.56 bits per heavy atom. The number of aryl methyl sites for hydroxylation is 1. The summed E-state index contributed by atoms with van der Waals surface area (Å²) in [6.07, 6.45) is 6.16. The maximum absolute atomic E-state index is 12.4. The van der Waals surface area contributed by atoms with Crippen LogP contribution in [0.3, 0.4) is 0 Å². The highest BCUT2D eigenvalue weighted by Crippen LogP contribution is 2.34. The number of carbonyl (C=O) groups excluding carboxylic acids is 1. The molecule has 1 amide bonds. The molecule has 1 aromatic heterocycles. The highest BCUT2D eigenvalue weighted by atomic mass is 32.2. The highest BCUT2D eigenvalue weighted by molar-refractivity contribution is 7.99. The van der Waals surface area contributed by atoms with Crippen LogP contribution < -0.4 is 10.2 Å². The van der Waals surface area contributed by atoms with Crippen molar-refractivity contribution in [2.75, 3.05) is 18.0 Å². The minimum absolute atomic E-state index is 0.0973. The van der Waals surface area contributed by atoms with Gasteiger partial charge in [0.25, 0.3) is 0 Å². The number of rotatable bonds is 6. The molecule has 2 aromatic rings. The smallest absolute Gasteiger partial charge is 0.223 e. The summed E-state index contributed by atoms with van der Waals surface area (Å²) in [5, 5.41) is 4.03. The van der Waals surface area contributed by atoms with Gasteiger partial charge in [0.2, 0.25) is 5.91 Å². The summed E-state index contributed by atoms with van der Waals surface area (Å²) < 4.78 is 0. The Kier molecular flexibility index (Phi) is 6.72. The molecule has 1 fully saturated rings. The average Bonchev–Trinajstić information content (AvgIpc) is 2.70. The van der Waals surface area contributed by atoms with Gasteiger partial charge in [0.1, 0.15) is 5.03 Å². The van der Waals surface area contributed by atoms with Crippen LogP contribution in [0, 0.1) is 12.8 Å². The van der Waals surface area contributed by atoms with E-state index >= 15 is 0 Å². The summed E-state index contributed by atoms with van der Waals surface area (Å²) in [5.41, 5.74) is 1.25. The molecule has 27 heavy (non-hydrogen) atoms. The van der Waals surface area contributed by atoms with Crippen LogP contribution in [-0.2, 0) is 4.79 Å². The lowest BCUT2D eigenvalue weighted by Gasteiger charge is -2.33. The molecule has 0 aliphatic carbocycles. The number of hydrogen-bond donors (Lipinski definition) is 1. The summed E-state index contributed by atoms with van der Waals surface area (Å²) in [7, 11) is 0. The van der Waals surface area contributed by atoms with Crippen LogP contribution in [0.2, 0.25) is 0 Å². The quantitative estimate of drug-likeness (QED) is 0.814. The van der Waals surface area contributed by atoms with Crippen molar-refractivity contribution in [2.45, 2.75) is 56.0 Å². The molecule has 0 saturated carbocycles. The molecule has 6 heteroatoms. The number of amides is 1. The number of hydrogen-bond acceptors (Lipinski definition) is 5. The van der Waals surface area contributed by atoms with Gasteiger partial charge in [-0.15, -0.1) is 0 Å². The van der Waals surface area contributed by atoms with Crippen LogP contribution in [0.5, 0.6) is 0 Å². The third-order valence-electron chi connectivity index (χ3n) is 5.05. The second-order valence-electron chi connectivity index (χ2n) is 7.18. The lowest BCUT2D eigenvalue weighted by molar-refractivity contribution is -0.126. The van der Waals surface area contributed by atoms with Crippen LogP contribution in [0.25, 0.3) is 0 Å². The standard InChI is InChI=1S/C21H28N4OS/c1-4-16(3)24-20(26)17-9-13-25(14-10-17)19-21(23-12-11-22-19)27-18-7-5-15(2)6-8-18/h5-8,11-12,16-17H,4,9-10,13-14H2,1-3H3,(H,24,26)/t16-/m0/s1. The summed E-state index contributed by atoms with van der Waals surface area (Å²) in [6, 6.07) is 8.70. The SMILES string of the molecule is CC[C@H](C)NC(=O)C1CCN(c2nccnc2Sc2ccc(C)cc2)CC1. The Balaban J connectivity index is 1.64. The van der Waals surface area contributed by atoms with Crippen molar-refractivity contribution in [1.82, 2.24) is 15.3 Å². The van der Waals surface area contributed by atoms with E-state index in [-0.39, 0.29) is 17.9 Å². The van der Waals surface area contributed by atoms with Crippen LogP contribution in [0.4, 0.5) is 5.82 Å². The molecule has 144 valence electrons. The van der Waals surface area contributed by atoms with Crippen LogP contribution in [0.1, 0.15) is 38.7 Å². The Morgan fingerprint density at radius 2 is 1.89 bits per heavy atom. The minimum atomic E-state index is 0.0973. The zero-order valence-electron chi connectivity index (χ0n) is 16.3. The van der Waals surface area contributed by atoms with Gasteiger partial charge in [0, 0.05) is 42.3 Å². The molecule has 1 saturated heterocycles. The normalized spacial score (nSPS) is 16.2. The van der Waals surface area contributed by atoms with Crippen molar-refractivity contribution in [3.05, 3.63) is 42.2 Å². The molecule has 0 radical (unpaired) electrons. The fourth-order valence-electron chi connectivity index (χ4n) is 3.14. The maximum atomic E-state index is 12.4. The average molecular weight is 385 g/mol. The van der Waals surface area contributed by atoms with Gasteiger partial charge in [-0.3, -0.25) is 4.79 Å². The van der Waals surface area contributed by atoms with Crippen molar-refractivity contribution in [2.24, 2.45) is 5.92 Å². The van der Waals surface area contributed by atoms with Crippen molar-refractivity contribution in [3.8, 4) is 0 Å². The van der Waals surface area contributed by atoms with Gasteiger partial charge in [-0.05, 0) is 45.2 Å². The zero-order chi connectivity index (χ0) is 19.2. The topological polar surface area (TPSA) is 58.1 Å². The van der Waals surface area contributed by atoms with Gasteiger partial charge in [0.15, 0.2) is 5.82 Å². The highest BCUT2D eigenvalue weighted by Gasteiger charge is 2.27. The van der Waals surface area contributed by atoms with Gasteiger partial charge >= 0.3 is 0 Å². The first-order valence-corrected chi connectivity index (χ1v) is 10.5. The first-order chi connectivity index (χ1) is 13.1. The monoisotopic (exact) mass is 384 g/mol. The largest absolute Gasteiger partial charge is 0.354 e. The van der Waals surface area contributed by atoms with Gasteiger partial charge in [0.05, 0.1) is 0 Å². The third kappa shape index (κ3) is 5.22. The van der Waals surface area contributed by atoms with Crippen LogP contribution in [0.15, 0.2) is 46.6 Å². The van der Waals surface area contributed by atoms with Crippen molar-refractivity contribution in [1.29, 1.82) is 0 Å². The van der Waals surface area contributed by atoms with Gasteiger partial charge in [-0.25, -0.2) is 9.97 Å². The predicted molar refractivity (Wildman–Crippen MR) is 110 cm³/mol. The molecule has 0 bridgehead atoms. The molecule has 0 unspecified atom stereocenters. The number of piperidine rings is 1. The van der Waals surface area contributed by atoms with E-state index in [0.29, 0.717) is 0 Å². The summed E-state index contributed by atoms with van der Waals surface area (Å²) in [5.74, 6) is 1.21. The Hall–Kier alpha value is -2.08. The summed E-state index contributed by atoms with van der Waals surface area (Å²) >= 11 is 1.64. The van der Waals surface area contributed by atoms with E-state index in [1.165, 1.54) is 5.56 Å². The third-order valence-corrected chi connectivity index (χ3v) is 6.04. The molecule has 1 aliphatic heterocycles. The van der Waals surface area contributed by atoms with E-state index in [9.17, 15) is 4.79 Å². The first kappa shape index (κ1) is 19.7. The Labute approximate surface area is 166 Å². The van der Waals surface area contributed by atoms with Crippen molar-refractivity contribution < 1.29 is 4.79 Å². The molecule has 5 nitrogen and oxygen atoms in total. The first-order valence-electron chi connectivity index (χ1n) is 9.67. The Morgan fingerprint density at radius 1 is 1.22 bits per heavy atom. The lowest BCUT2D eigenvalue weighted by Crippen LogP contribution is -2.43. The van der Waals surface area contributed by atoms with Crippen molar-refractivity contribution >= 4 is 23.5 Å². The fourth-order valence-corrected chi connectivity index (χ4v) is 4.02. The lowest BCUT2D eigenvalue weighted by atomic mass is 9.95. The van der Waals surface area contributed by atoms with Gasteiger partial charge in [-0.1, -0.05) is 36.4 Å². The van der Waals surface area contributed by atoms with Crippen LogP contribution >= 0.6 is 11.8 Å². The Bertz CT molecular complexity index is 757. The molecule has 1 N–H and O–H groups in total. The molecule has 3 rings (SSSR count). The van der Waals surface area contributed by atoms with Crippen LogP contribution in [-0.4, -0.2) is 35.0 Å². The number of aromatic nitrogens is 2. The summed E-state index contributed by atoms with van der Waals surface area (Å²) in [4.78, 5) is 24.9. The van der Waals surface area contributed by atoms with E-state index in [1.807, 2.05) is 0 Å². The second kappa shape index (κ2) is 9.22. The number of anilines is 1. The second-order valence-corrected chi connectivity index (χ2v) is 8.24. The van der Waals surface area contributed by atoms with E-state index in [1.54, 1.807) is 24.2 Å². The minimum Gasteiger partial charge on any atom is -0.354 e. The molecule has 1 aliphatic rings. The van der Waals surface area contributed by atoms with E-state index in [4.69, 9.17) is 0 Å². The molecular formula is C21H28N4OS. The van der Waals surface area contributed by atoms with Crippen molar-refractivity contribution in [3.63, 3.8) is 0 Å². The molecule has 1 aromatic carbocycles. The maximum Gasteiger partial charge on any atom is 0.223 e. The molecule has 2 heterocycles. The van der Waals surface area contributed by atoms with Gasteiger partial charge < -0.3 is 10.2 Å². The molecule has 0 spiro atoms. The van der Waals surface area contributed by atoms with Gasteiger partial charge in [-0.2, -0.15) is 0 Å². The predicted octanol–water partition coefficient (Wildman–Crippen LogP) is 4.07. The number of benzene rings is 1. The summed E-state index contributed by atoms with van der Waals surface area (Å²) in [6.45, 7) is 7.90. The zero-order valence-corrected chi connectivity index (χ0v) is 17.1. The fraction of sp³-hybridized carbons (Fsp3) is 0.476. The van der Waals surface area contributed by atoms with E-state index in [0.717, 1.165) is 48.1 Å². The number of nitrogens with zero attached hydrogens (tertiary/aromatic N) is 3.